The Labute approximate surface area is 155 Å². The minimum Gasteiger partial charge on any atom is -0.450 e. The number of pyridine rings is 1. The van der Waals surface area contributed by atoms with Gasteiger partial charge >= 0.3 is 6.09 Å². The molecule has 1 aliphatic heterocycles. The van der Waals surface area contributed by atoms with E-state index in [2.05, 4.69) is 4.98 Å². The summed E-state index contributed by atoms with van der Waals surface area (Å²) in [6.07, 6.45) is 2.64. The van der Waals surface area contributed by atoms with Crippen molar-refractivity contribution in [3.05, 3.63) is 30.1 Å². The normalized spacial score (nSPS) is 16.0. The Kier molecular flexibility index (Phi) is 7.80. The summed E-state index contributed by atoms with van der Waals surface area (Å²) in [5, 5.41) is 0. The lowest BCUT2D eigenvalue weighted by Crippen LogP contribution is -2.54. The van der Waals surface area contributed by atoms with Crippen LogP contribution in [0.2, 0.25) is 0 Å². The number of hydrogen-bond donors (Lipinski definition) is 0. The first kappa shape index (κ1) is 20.6. The molecule has 2 rings (SSSR count). The second-order valence-electron chi connectivity index (χ2n) is 6.06. The molecule has 1 aliphatic rings. The number of amides is 1. The molecule has 1 fully saturated rings. The fourth-order valence-corrected chi connectivity index (χ4v) is 4.54. The highest BCUT2D eigenvalue weighted by Gasteiger charge is 2.33. The molecular formula is C17H28N4O4S. The van der Waals surface area contributed by atoms with Crippen LogP contribution in [0.4, 0.5) is 4.79 Å². The molecular weight excluding hydrogens is 356 g/mol. The van der Waals surface area contributed by atoms with Gasteiger partial charge in [-0.2, -0.15) is 17.0 Å². The minimum atomic E-state index is -3.56. The van der Waals surface area contributed by atoms with Crippen LogP contribution in [0.25, 0.3) is 0 Å². The van der Waals surface area contributed by atoms with E-state index in [0.717, 1.165) is 12.1 Å². The summed E-state index contributed by atoms with van der Waals surface area (Å²) in [5.41, 5.74) is 0.871. The average molecular weight is 385 g/mol. The Bertz CT molecular complexity index is 661. The second-order valence-corrected chi connectivity index (χ2v) is 7.99. The van der Waals surface area contributed by atoms with Crippen molar-refractivity contribution in [2.75, 3.05) is 45.9 Å². The molecule has 0 saturated carbocycles. The number of rotatable bonds is 8. The predicted octanol–water partition coefficient (Wildman–Crippen LogP) is 1.36. The van der Waals surface area contributed by atoms with Crippen LogP contribution in [0.1, 0.15) is 26.0 Å². The highest BCUT2D eigenvalue weighted by atomic mass is 32.2. The second kappa shape index (κ2) is 9.84. The van der Waals surface area contributed by atoms with Crippen LogP contribution in [0.15, 0.2) is 24.4 Å². The van der Waals surface area contributed by atoms with E-state index in [0.29, 0.717) is 39.2 Å². The molecule has 0 aromatic carbocycles. The van der Waals surface area contributed by atoms with E-state index >= 15 is 0 Å². The quantitative estimate of drug-likeness (QED) is 0.676. The number of nitrogens with zero attached hydrogens (tertiary/aromatic N) is 4. The zero-order chi connectivity index (χ0) is 19.0. The van der Waals surface area contributed by atoms with Crippen molar-refractivity contribution in [1.82, 2.24) is 18.5 Å². The third kappa shape index (κ3) is 5.39. The third-order valence-corrected chi connectivity index (χ3v) is 6.27. The lowest BCUT2D eigenvalue weighted by molar-refractivity contribution is 0.0924. The summed E-state index contributed by atoms with van der Waals surface area (Å²) < 4.78 is 33.9. The highest BCUT2D eigenvalue weighted by molar-refractivity contribution is 7.86. The molecule has 1 aromatic rings. The first-order chi connectivity index (χ1) is 12.5. The molecule has 9 heteroatoms. The van der Waals surface area contributed by atoms with Crippen LogP contribution in [0.5, 0.6) is 0 Å². The molecule has 146 valence electrons. The van der Waals surface area contributed by atoms with Gasteiger partial charge in [-0.3, -0.25) is 4.98 Å². The van der Waals surface area contributed by atoms with Crippen LogP contribution in [-0.2, 0) is 21.4 Å². The van der Waals surface area contributed by atoms with Crippen molar-refractivity contribution < 1.29 is 17.9 Å². The van der Waals surface area contributed by atoms with Crippen LogP contribution >= 0.6 is 0 Å². The van der Waals surface area contributed by atoms with Gasteiger partial charge in [0.2, 0.25) is 0 Å². The van der Waals surface area contributed by atoms with Gasteiger partial charge in [0.05, 0.1) is 6.61 Å². The molecule has 0 N–H and O–H groups in total. The van der Waals surface area contributed by atoms with E-state index in [1.807, 2.05) is 25.1 Å². The van der Waals surface area contributed by atoms with Crippen molar-refractivity contribution in [2.24, 2.45) is 0 Å². The summed E-state index contributed by atoms with van der Waals surface area (Å²) >= 11 is 0. The van der Waals surface area contributed by atoms with E-state index in [1.54, 1.807) is 18.0 Å². The molecule has 0 radical (unpaired) electrons. The lowest BCUT2D eigenvalue weighted by atomic mass is 10.3. The number of carbonyl (C=O) groups excluding carboxylic acids is 1. The Hall–Kier alpha value is -1.71. The fourth-order valence-electron chi connectivity index (χ4n) is 2.86. The molecule has 8 nitrogen and oxygen atoms in total. The average Bonchev–Trinajstić information content (AvgIpc) is 2.66. The molecule has 0 bridgehead atoms. The summed E-state index contributed by atoms with van der Waals surface area (Å²) in [7, 11) is -3.56. The molecule has 1 amide bonds. The third-order valence-electron chi connectivity index (χ3n) is 4.23. The van der Waals surface area contributed by atoms with Crippen molar-refractivity contribution in [3.8, 4) is 0 Å². The Morgan fingerprint density at radius 1 is 1.19 bits per heavy atom. The maximum atomic E-state index is 13.0. The van der Waals surface area contributed by atoms with Gasteiger partial charge in [0.1, 0.15) is 0 Å². The first-order valence-electron chi connectivity index (χ1n) is 9.05. The summed E-state index contributed by atoms with van der Waals surface area (Å²) in [6, 6.07) is 5.64. The molecule has 26 heavy (non-hydrogen) atoms. The Balaban J connectivity index is 1.97. The van der Waals surface area contributed by atoms with Crippen molar-refractivity contribution >= 4 is 16.3 Å². The van der Waals surface area contributed by atoms with Crippen molar-refractivity contribution in [2.45, 2.75) is 26.7 Å². The van der Waals surface area contributed by atoms with Gasteiger partial charge < -0.3 is 9.64 Å². The minimum absolute atomic E-state index is 0.283. The monoisotopic (exact) mass is 384 g/mol. The lowest BCUT2D eigenvalue weighted by Gasteiger charge is -2.36. The van der Waals surface area contributed by atoms with Gasteiger partial charge in [-0.25, -0.2) is 4.79 Å². The fraction of sp³-hybridized carbons (Fsp3) is 0.647. The Morgan fingerprint density at radius 3 is 2.50 bits per heavy atom. The number of piperazine rings is 1. The van der Waals surface area contributed by atoms with Gasteiger partial charge in [-0.1, -0.05) is 13.0 Å². The van der Waals surface area contributed by atoms with E-state index in [9.17, 15) is 13.2 Å². The molecule has 0 aliphatic carbocycles. The van der Waals surface area contributed by atoms with E-state index in [-0.39, 0.29) is 19.2 Å². The van der Waals surface area contributed by atoms with Crippen LogP contribution in [0.3, 0.4) is 0 Å². The molecule has 0 atom stereocenters. The van der Waals surface area contributed by atoms with Gasteiger partial charge in [0.25, 0.3) is 10.2 Å². The molecule has 1 aromatic heterocycles. The molecule has 0 unspecified atom stereocenters. The van der Waals surface area contributed by atoms with Gasteiger partial charge in [-0.05, 0) is 25.5 Å². The number of ether oxygens (including phenoxy) is 1. The van der Waals surface area contributed by atoms with E-state index in [4.69, 9.17) is 4.74 Å². The van der Waals surface area contributed by atoms with Gasteiger partial charge in [-0.15, -0.1) is 0 Å². The molecule has 0 spiro atoms. The summed E-state index contributed by atoms with van der Waals surface area (Å²) in [6.45, 7) is 6.14. The SMILES string of the molecule is CCCN(CCc1ccccn1)S(=O)(=O)N1CCN(C(=O)OCC)CC1. The maximum absolute atomic E-state index is 13.0. The van der Waals surface area contributed by atoms with Crippen molar-refractivity contribution in [1.29, 1.82) is 0 Å². The first-order valence-corrected chi connectivity index (χ1v) is 10.5. The zero-order valence-corrected chi connectivity index (χ0v) is 16.3. The van der Waals surface area contributed by atoms with E-state index < -0.39 is 10.2 Å². The van der Waals surface area contributed by atoms with Gasteiger partial charge in [0.15, 0.2) is 0 Å². The van der Waals surface area contributed by atoms with Crippen LogP contribution in [0, 0.1) is 0 Å². The van der Waals surface area contributed by atoms with Crippen LogP contribution in [-0.4, -0.2) is 78.9 Å². The largest absolute Gasteiger partial charge is 0.450 e. The Morgan fingerprint density at radius 2 is 1.92 bits per heavy atom. The maximum Gasteiger partial charge on any atom is 0.409 e. The zero-order valence-electron chi connectivity index (χ0n) is 15.5. The van der Waals surface area contributed by atoms with Gasteiger partial charge in [0, 0.05) is 57.6 Å². The number of carbonyl (C=O) groups is 1. The van der Waals surface area contributed by atoms with E-state index in [1.165, 1.54) is 8.61 Å². The highest BCUT2D eigenvalue weighted by Crippen LogP contribution is 2.14. The summed E-state index contributed by atoms with van der Waals surface area (Å²) in [4.78, 5) is 17.6. The smallest absolute Gasteiger partial charge is 0.409 e. The summed E-state index contributed by atoms with van der Waals surface area (Å²) in [5.74, 6) is 0. The van der Waals surface area contributed by atoms with Crippen molar-refractivity contribution in [3.63, 3.8) is 0 Å². The number of hydrogen-bond acceptors (Lipinski definition) is 5. The standard InChI is InChI=1S/C17H28N4O4S/c1-3-10-20(11-8-16-7-5-6-9-18-16)26(23,24)21-14-12-19(13-15-21)17(22)25-4-2/h5-7,9H,3-4,8,10-15H2,1-2H3. The predicted molar refractivity (Wildman–Crippen MR) is 98.9 cm³/mol. The molecule has 1 saturated heterocycles. The topological polar surface area (TPSA) is 83.1 Å². The molecule has 2 heterocycles. The number of aromatic nitrogens is 1. The van der Waals surface area contributed by atoms with Crippen LogP contribution < -0.4 is 0 Å².